The highest BCUT2D eigenvalue weighted by Crippen LogP contribution is 2.22. The Hall–Kier alpha value is -2.43. The van der Waals surface area contributed by atoms with E-state index in [1.54, 1.807) is 30.5 Å². The van der Waals surface area contributed by atoms with Crippen molar-refractivity contribution in [2.24, 2.45) is 0 Å². The van der Waals surface area contributed by atoms with Gasteiger partial charge < -0.3 is 5.11 Å². The third-order valence-corrected chi connectivity index (χ3v) is 2.46. The Kier molecular flexibility index (Phi) is 2.04. The predicted octanol–water partition coefficient (Wildman–Crippen LogP) is 2.24. The van der Waals surface area contributed by atoms with E-state index in [1.165, 1.54) is 16.6 Å². The van der Waals surface area contributed by atoms with Crippen molar-refractivity contribution in [3.05, 3.63) is 48.4 Å². The maximum Gasteiger partial charge on any atom is 0.198 e. The van der Waals surface area contributed by atoms with Gasteiger partial charge in [-0.2, -0.15) is 0 Å². The van der Waals surface area contributed by atoms with Gasteiger partial charge in [0.2, 0.25) is 0 Å². The highest BCUT2D eigenvalue weighted by atomic mass is 19.1. The van der Waals surface area contributed by atoms with Gasteiger partial charge >= 0.3 is 0 Å². The van der Waals surface area contributed by atoms with E-state index in [1.807, 2.05) is 0 Å². The molecule has 0 amide bonds. The largest absolute Gasteiger partial charge is 0.504 e. The Labute approximate surface area is 96.0 Å². The summed E-state index contributed by atoms with van der Waals surface area (Å²) in [6.45, 7) is 0. The summed E-state index contributed by atoms with van der Waals surface area (Å²) in [6, 6.07) is 9.41. The molecule has 17 heavy (non-hydrogen) atoms. The minimum Gasteiger partial charge on any atom is -0.504 e. The molecule has 0 aliphatic rings. The smallest absolute Gasteiger partial charge is 0.198 e. The molecular formula is C12H8FN3O. The van der Waals surface area contributed by atoms with E-state index in [4.69, 9.17) is 0 Å². The van der Waals surface area contributed by atoms with Gasteiger partial charge in [-0.25, -0.2) is 13.9 Å². The van der Waals surface area contributed by atoms with Gasteiger partial charge in [-0.05, 0) is 24.3 Å². The zero-order valence-corrected chi connectivity index (χ0v) is 8.71. The van der Waals surface area contributed by atoms with Crippen molar-refractivity contribution < 1.29 is 9.50 Å². The monoisotopic (exact) mass is 229 g/mol. The number of hydrogen-bond acceptors (Lipinski definition) is 3. The maximum atomic E-state index is 13.6. The number of hydrogen-bond donors (Lipinski definition) is 1. The normalized spacial score (nSPS) is 10.9. The van der Waals surface area contributed by atoms with E-state index < -0.39 is 0 Å². The van der Waals surface area contributed by atoms with E-state index in [0.717, 1.165) is 0 Å². The molecule has 0 radical (unpaired) electrons. The summed E-state index contributed by atoms with van der Waals surface area (Å²) >= 11 is 0. The lowest BCUT2D eigenvalue weighted by atomic mass is 10.2. The first-order chi connectivity index (χ1) is 8.25. The van der Waals surface area contributed by atoms with Crippen LogP contribution in [0.25, 0.3) is 17.0 Å². The number of rotatable bonds is 1. The van der Waals surface area contributed by atoms with E-state index in [9.17, 15) is 9.50 Å². The molecule has 0 saturated carbocycles. The number of aromatic hydroxyl groups is 1. The van der Waals surface area contributed by atoms with Crippen molar-refractivity contribution in [2.45, 2.75) is 0 Å². The molecule has 0 aliphatic heterocycles. The Morgan fingerprint density at radius 3 is 2.71 bits per heavy atom. The Morgan fingerprint density at radius 1 is 1.12 bits per heavy atom. The van der Waals surface area contributed by atoms with Gasteiger partial charge in [0.1, 0.15) is 5.82 Å². The van der Waals surface area contributed by atoms with Crippen LogP contribution >= 0.6 is 0 Å². The number of aromatic nitrogens is 3. The van der Waals surface area contributed by atoms with Gasteiger partial charge in [-0.3, -0.25) is 0 Å². The van der Waals surface area contributed by atoms with Crippen molar-refractivity contribution >= 4 is 5.65 Å². The molecule has 0 unspecified atom stereocenters. The fourth-order valence-corrected chi connectivity index (χ4v) is 1.65. The molecular weight excluding hydrogens is 221 g/mol. The SMILES string of the molecule is Oc1cccn2nc(-c3ccccc3F)nc12. The van der Waals surface area contributed by atoms with Crippen molar-refractivity contribution in [3.8, 4) is 17.1 Å². The molecule has 0 aliphatic carbocycles. The van der Waals surface area contributed by atoms with E-state index in [-0.39, 0.29) is 17.4 Å². The lowest BCUT2D eigenvalue weighted by Gasteiger charge is -1.95. The summed E-state index contributed by atoms with van der Waals surface area (Å²) in [5.74, 6) is -0.116. The maximum absolute atomic E-state index is 13.6. The van der Waals surface area contributed by atoms with Crippen LogP contribution in [-0.2, 0) is 0 Å². The number of fused-ring (bicyclic) bond motifs is 1. The summed E-state index contributed by atoms with van der Waals surface area (Å²) in [7, 11) is 0. The molecule has 3 aromatic rings. The zero-order chi connectivity index (χ0) is 11.8. The quantitative estimate of drug-likeness (QED) is 0.696. The van der Waals surface area contributed by atoms with Crippen molar-refractivity contribution in [1.82, 2.24) is 14.6 Å². The van der Waals surface area contributed by atoms with Gasteiger partial charge in [0.15, 0.2) is 17.2 Å². The molecule has 0 fully saturated rings. The molecule has 5 heteroatoms. The highest BCUT2D eigenvalue weighted by Gasteiger charge is 2.11. The first-order valence-corrected chi connectivity index (χ1v) is 5.05. The van der Waals surface area contributed by atoms with Gasteiger partial charge in [0.25, 0.3) is 0 Å². The highest BCUT2D eigenvalue weighted by molar-refractivity contribution is 5.62. The van der Waals surface area contributed by atoms with Gasteiger partial charge in [-0.15, -0.1) is 5.10 Å². The Bertz CT molecular complexity index is 693. The lowest BCUT2D eigenvalue weighted by molar-refractivity contribution is 0.477. The molecule has 2 heterocycles. The summed E-state index contributed by atoms with van der Waals surface area (Å²) in [6.07, 6.45) is 1.65. The summed E-state index contributed by atoms with van der Waals surface area (Å²) in [4.78, 5) is 4.11. The van der Waals surface area contributed by atoms with E-state index in [0.29, 0.717) is 11.2 Å². The first kappa shape index (κ1) is 9.77. The van der Waals surface area contributed by atoms with Crippen LogP contribution in [0.1, 0.15) is 0 Å². The lowest BCUT2D eigenvalue weighted by Crippen LogP contribution is -1.87. The first-order valence-electron chi connectivity index (χ1n) is 5.05. The summed E-state index contributed by atoms with van der Waals surface area (Å²) < 4.78 is 15.0. The second-order valence-corrected chi connectivity index (χ2v) is 3.58. The average molecular weight is 229 g/mol. The van der Waals surface area contributed by atoms with E-state index in [2.05, 4.69) is 10.1 Å². The van der Waals surface area contributed by atoms with Crippen LogP contribution in [0.5, 0.6) is 5.75 Å². The van der Waals surface area contributed by atoms with Gasteiger partial charge in [0, 0.05) is 6.20 Å². The second-order valence-electron chi connectivity index (χ2n) is 3.58. The van der Waals surface area contributed by atoms with Gasteiger partial charge in [-0.1, -0.05) is 12.1 Å². The van der Waals surface area contributed by atoms with Crippen LogP contribution < -0.4 is 0 Å². The predicted molar refractivity (Wildman–Crippen MR) is 60.0 cm³/mol. The number of benzene rings is 1. The number of halogens is 1. The topological polar surface area (TPSA) is 50.4 Å². The van der Waals surface area contributed by atoms with Crippen LogP contribution in [0, 0.1) is 5.82 Å². The van der Waals surface area contributed by atoms with E-state index >= 15 is 0 Å². The van der Waals surface area contributed by atoms with Crippen molar-refractivity contribution in [2.75, 3.05) is 0 Å². The average Bonchev–Trinajstić information content (AvgIpc) is 2.75. The second kappa shape index (κ2) is 3.55. The molecule has 0 spiro atoms. The minimum atomic E-state index is -0.386. The third kappa shape index (κ3) is 1.52. The molecule has 1 N–H and O–H groups in total. The number of pyridine rings is 1. The molecule has 0 bridgehead atoms. The van der Waals surface area contributed by atoms with Crippen LogP contribution in [0.4, 0.5) is 4.39 Å². The van der Waals surface area contributed by atoms with Crippen LogP contribution in [-0.4, -0.2) is 19.7 Å². The van der Waals surface area contributed by atoms with Gasteiger partial charge in [0.05, 0.1) is 5.56 Å². The summed E-state index contributed by atoms with van der Waals surface area (Å²) in [5, 5.41) is 13.7. The van der Waals surface area contributed by atoms with Crippen molar-refractivity contribution in [1.29, 1.82) is 0 Å². The van der Waals surface area contributed by atoms with Crippen LogP contribution in [0.3, 0.4) is 0 Å². The molecule has 3 rings (SSSR count). The standard InChI is InChI=1S/C12H8FN3O/c13-9-5-2-1-4-8(9)11-14-12-10(17)6-3-7-16(12)15-11/h1-7,17H. The number of nitrogens with zero attached hydrogens (tertiary/aromatic N) is 3. The van der Waals surface area contributed by atoms with Crippen LogP contribution in [0.15, 0.2) is 42.6 Å². The molecule has 84 valence electrons. The fraction of sp³-hybridized carbons (Fsp3) is 0. The van der Waals surface area contributed by atoms with Crippen LogP contribution in [0.2, 0.25) is 0 Å². The molecule has 0 atom stereocenters. The minimum absolute atomic E-state index is 0.0163. The molecule has 0 saturated heterocycles. The molecule has 4 nitrogen and oxygen atoms in total. The molecule has 1 aromatic carbocycles. The Morgan fingerprint density at radius 2 is 1.94 bits per heavy atom. The molecule has 2 aromatic heterocycles. The summed E-state index contributed by atoms with van der Waals surface area (Å²) in [5.41, 5.74) is 0.626. The zero-order valence-electron chi connectivity index (χ0n) is 8.71. The fourth-order valence-electron chi connectivity index (χ4n) is 1.65. The van der Waals surface area contributed by atoms with Crippen molar-refractivity contribution in [3.63, 3.8) is 0 Å². The Balaban J connectivity index is 2.26. The third-order valence-electron chi connectivity index (χ3n) is 2.46.